The SMILES string of the molecule is CC(C)(C)OC(=O)N1CCN(C[C@H](O)Cc2c[nH]c3ccc(-n4cnnc4)cc23)CC1. The Hall–Kier alpha value is -2.91. The number of ether oxygens (including phenoxy) is 1. The first-order valence-corrected chi connectivity index (χ1v) is 10.6. The van der Waals surface area contributed by atoms with Crippen LogP contribution in [0.4, 0.5) is 4.79 Å². The number of rotatable bonds is 5. The number of nitrogens with zero attached hydrogens (tertiary/aromatic N) is 5. The second-order valence-corrected chi connectivity index (χ2v) is 9.04. The first-order chi connectivity index (χ1) is 14.8. The van der Waals surface area contributed by atoms with Gasteiger partial charge in [0, 0.05) is 61.9 Å². The Labute approximate surface area is 181 Å². The fraction of sp³-hybridized carbons (Fsp3) is 0.500. The van der Waals surface area contributed by atoms with Crippen molar-refractivity contribution in [1.29, 1.82) is 0 Å². The number of fused-ring (bicyclic) bond motifs is 1. The van der Waals surface area contributed by atoms with Crippen LogP contribution in [0.3, 0.4) is 0 Å². The van der Waals surface area contributed by atoms with Gasteiger partial charge in [-0.05, 0) is 44.5 Å². The molecule has 0 aliphatic carbocycles. The first-order valence-electron chi connectivity index (χ1n) is 10.6. The van der Waals surface area contributed by atoms with Gasteiger partial charge in [-0.25, -0.2) is 4.79 Å². The lowest BCUT2D eigenvalue weighted by molar-refractivity contribution is 0.0103. The van der Waals surface area contributed by atoms with Gasteiger partial charge in [0.05, 0.1) is 6.10 Å². The minimum absolute atomic E-state index is 0.268. The van der Waals surface area contributed by atoms with Gasteiger partial charge in [-0.15, -0.1) is 10.2 Å². The van der Waals surface area contributed by atoms with E-state index < -0.39 is 11.7 Å². The summed E-state index contributed by atoms with van der Waals surface area (Å²) in [5.74, 6) is 0. The van der Waals surface area contributed by atoms with Crippen molar-refractivity contribution in [3.05, 3.63) is 42.6 Å². The van der Waals surface area contributed by atoms with Crippen LogP contribution in [0.1, 0.15) is 26.3 Å². The number of hydrogen-bond acceptors (Lipinski definition) is 6. The fourth-order valence-corrected chi connectivity index (χ4v) is 3.89. The molecule has 0 spiro atoms. The molecular weight excluding hydrogens is 396 g/mol. The van der Waals surface area contributed by atoms with Gasteiger partial charge in [0.25, 0.3) is 0 Å². The Morgan fingerprint density at radius 2 is 1.90 bits per heavy atom. The molecule has 0 radical (unpaired) electrons. The molecule has 3 aromatic rings. The van der Waals surface area contributed by atoms with Crippen LogP contribution in [0.25, 0.3) is 16.6 Å². The van der Waals surface area contributed by atoms with Crippen LogP contribution >= 0.6 is 0 Å². The fourth-order valence-electron chi connectivity index (χ4n) is 3.89. The molecule has 166 valence electrons. The minimum atomic E-state index is -0.495. The van der Waals surface area contributed by atoms with Gasteiger partial charge in [0.15, 0.2) is 0 Å². The number of hydrogen-bond donors (Lipinski definition) is 2. The van der Waals surface area contributed by atoms with Gasteiger partial charge >= 0.3 is 6.09 Å². The van der Waals surface area contributed by atoms with Crippen molar-refractivity contribution < 1.29 is 14.6 Å². The standard InChI is InChI=1S/C22H30N6O3/c1-22(2,3)31-21(30)27-8-6-26(7-9-27)13-18(29)10-16-12-23-20-5-4-17(11-19(16)20)28-14-24-25-15-28/h4-5,11-12,14-15,18,23,29H,6-10,13H2,1-3H3/t18-/m1/s1. The van der Waals surface area contributed by atoms with Gasteiger partial charge in [0.2, 0.25) is 0 Å². The molecule has 1 fully saturated rings. The van der Waals surface area contributed by atoms with Gasteiger partial charge in [0.1, 0.15) is 18.3 Å². The molecule has 31 heavy (non-hydrogen) atoms. The largest absolute Gasteiger partial charge is 0.444 e. The highest BCUT2D eigenvalue weighted by molar-refractivity contribution is 5.85. The summed E-state index contributed by atoms with van der Waals surface area (Å²) >= 11 is 0. The number of carbonyl (C=O) groups excluding carboxylic acids is 1. The number of aromatic nitrogens is 4. The second kappa shape index (κ2) is 8.68. The molecule has 2 aromatic heterocycles. The molecule has 4 rings (SSSR count). The van der Waals surface area contributed by atoms with Gasteiger partial charge in [-0.3, -0.25) is 9.47 Å². The Morgan fingerprint density at radius 3 is 2.58 bits per heavy atom. The summed E-state index contributed by atoms with van der Waals surface area (Å²) in [6, 6.07) is 6.11. The third-order valence-corrected chi connectivity index (χ3v) is 5.42. The van der Waals surface area contributed by atoms with E-state index in [2.05, 4.69) is 26.1 Å². The van der Waals surface area contributed by atoms with Crippen molar-refractivity contribution in [3.63, 3.8) is 0 Å². The molecule has 0 saturated carbocycles. The van der Waals surface area contributed by atoms with Crippen molar-refractivity contribution in [2.75, 3.05) is 32.7 Å². The van der Waals surface area contributed by atoms with Crippen molar-refractivity contribution >= 4 is 17.0 Å². The molecule has 0 bridgehead atoms. The quantitative estimate of drug-likeness (QED) is 0.649. The van der Waals surface area contributed by atoms with Crippen LogP contribution in [0, 0.1) is 0 Å². The summed E-state index contributed by atoms with van der Waals surface area (Å²) in [6.45, 7) is 8.85. The molecule has 2 N–H and O–H groups in total. The van der Waals surface area contributed by atoms with E-state index in [1.54, 1.807) is 17.6 Å². The molecule has 9 nitrogen and oxygen atoms in total. The number of piperazine rings is 1. The predicted molar refractivity (Wildman–Crippen MR) is 117 cm³/mol. The maximum absolute atomic E-state index is 12.2. The maximum Gasteiger partial charge on any atom is 0.410 e. The molecule has 9 heteroatoms. The molecule has 1 amide bonds. The van der Waals surface area contributed by atoms with Crippen LogP contribution in [-0.2, 0) is 11.2 Å². The normalized spacial score (nSPS) is 16.6. The summed E-state index contributed by atoms with van der Waals surface area (Å²) in [4.78, 5) is 19.4. The van der Waals surface area contributed by atoms with Crippen molar-refractivity contribution in [3.8, 4) is 5.69 Å². The Bertz CT molecular complexity index is 1020. The van der Waals surface area contributed by atoms with Crippen LogP contribution < -0.4 is 0 Å². The van der Waals surface area contributed by atoms with E-state index in [4.69, 9.17) is 4.74 Å². The monoisotopic (exact) mass is 426 g/mol. The molecule has 1 saturated heterocycles. The molecule has 1 aliphatic rings. The van der Waals surface area contributed by atoms with E-state index in [0.717, 1.165) is 35.2 Å². The number of amides is 1. The maximum atomic E-state index is 12.2. The Kier molecular flexibility index (Phi) is 5.97. The highest BCUT2D eigenvalue weighted by Crippen LogP contribution is 2.23. The summed E-state index contributed by atoms with van der Waals surface area (Å²) in [5.41, 5.74) is 2.60. The van der Waals surface area contributed by atoms with E-state index in [1.807, 2.05) is 43.7 Å². The summed E-state index contributed by atoms with van der Waals surface area (Å²) < 4.78 is 7.30. The smallest absolute Gasteiger partial charge is 0.410 e. The molecule has 1 atom stereocenters. The summed E-state index contributed by atoms with van der Waals surface area (Å²) in [6.07, 6.45) is 5.08. The van der Waals surface area contributed by atoms with E-state index in [9.17, 15) is 9.90 Å². The van der Waals surface area contributed by atoms with Crippen LogP contribution in [0.15, 0.2) is 37.1 Å². The highest BCUT2D eigenvalue weighted by Gasteiger charge is 2.26. The highest BCUT2D eigenvalue weighted by atomic mass is 16.6. The average Bonchev–Trinajstić information content (AvgIpc) is 3.37. The summed E-state index contributed by atoms with van der Waals surface area (Å²) in [7, 11) is 0. The first kappa shape index (κ1) is 21.3. The second-order valence-electron chi connectivity index (χ2n) is 9.04. The van der Waals surface area contributed by atoms with Crippen molar-refractivity contribution in [2.45, 2.75) is 38.9 Å². The van der Waals surface area contributed by atoms with Gasteiger partial charge in [-0.2, -0.15) is 0 Å². The van der Waals surface area contributed by atoms with E-state index >= 15 is 0 Å². The van der Waals surface area contributed by atoms with Crippen LogP contribution in [0.5, 0.6) is 0 Å². The van der Waals surface area contributed by atoms with Gasteiger partial charge in [-0.1, -0.05) is 0 Å². The molecule has 3 heterocycles. The zero-order chi connectivity index (χ0) is 22.0. The van der Waals surface area contributed by atoms with Crippen LogP contribution in [0.2, 0.25) is 0 Å². The zero-order valence-electron chi connectivity index (χ0n) is 18.3. The Balaban J connectivity index is 1.33. The number of aromatic amines is 1. The average molecular weight is 427 g/mol. The lowest BCUT2D eigenvalue weighted by atomic mass is 10.1. The lowest BCUT2D eigenvalue weighted by Gasteiger charge is -2.36. The number of aliphatic hydroxyl groups excluding tert-OH is 1. The van der Waals surface area contributed by atoms with Crippen molar-refractivity contribution in [1.82, 2.24) is 29.5 Å². The number of aliphatic hydroxyl groups is 1. The predicted octanol–water partition coefficient (Wildman–Crippen LogP) is 2.20. The van der Waals surface area contributed by atoms with E-state index in [-0.39, 0.29) is 6.09 Å². The molecule has 1 aromatic carbocycles. The molecule has 0 unspecified atom stereocenters. The molecular formula is C22H30N6O3. The number of nitrogens with one attached hydrogen (secondary N) is 1. The van der Waals surface area contributed by atoms with Gasteiger partial charge < -0.3 is 19.7 Å². The Morgan fingerprint density at radius 1 is 1.19 bits per heavy atom. The number of carbonyl (C=O) groups is 1. The number of β-amino-alcohol motifs (C(OH)–C–C–N with tert-alkyl or cyclic N) is 1. The molecule has 1 aliphatic heterocycles. The van der Waals surface area contributed by atoms with E-state index in [1.165, 1.54) is 0 Å². The summed E-state index contributed by atoms with van der Waals surface area (Å²) in [5, 5.41) is 19.5. The van der Waals surface area contributed by atoms with Crippen molar-refractivity contribution in [2.24, 2.45) is 0 Å². The van der Waals surface area contributed by atoms with Crippen LogP contribution in [-0.4, -0.2) is 85.2 Å². The topological polar surface area (TPSA) is 99.5 Å². The third kappa shape index (κ3) is 5.23. The zero-order valence-corrected chi connectivity index (χ0v) is 18.3. The minimum Gasteiger partial charge on any atom is -0.444 e. The lowest BCUT2D eigenvalue weighted by Crippen LogP contribution is -2.51. The van der Waals surface area contributed by atoms with E-state index in [0.29, 0.717) is 26.1 Å². The number of benzene rings is 1. The third-order valence-electron chi connectivity index (χ3n) is 5.42. The number of H-pyrrole nitrogens is 1.